The number of amides is 4. The fraction of sp³-hybridized carbons (Fsp3) is 0.722. The van der Waals surface area contributed by atoms with Crippen molar-refractivity contribution in [2.45, 2.75) is 69.5 Å². The van der Waals surface area contributed by atoms with Crippen LogP contribution in [0, 0.1) is 0 Å². The van der Waals surface area contributed by atoms with E-state index < -0.39 is 66.0 Å². The van der Waals surface area contributed by atoms with Crippen molar-refractivity contribution in [3.8, 4) is 0 Å². The van der Waals surface area contributed by atoms with Crippen LogP contribution >= 0.6 is 11.8 Å². The average Bonchev–Trinajstić information content (AvgIpc) is 2.70. The van der Waals surface area contributed by atoms with E-state index >= 15 is 0 Å². The van der Waals surface area contributed by atoms with Gasteiger partial charge in [0.05, 0.1) is 12.2 Å². The number of aliphatic hydroxyl groups is 2. The zero-order valence-corrected chi connectivity index (χ0v) is 19.1. The SMILES string of the molecule is CSCCC(NC(=O)C(N)C(C)O)C(=O)NC(CCC(N)=O)C(=O)NC(C(=O)O)C(C)O. The molecule has 13 nitrogen and oxygen atoms in total. The molecule has 0 aromatic rings. The first-order chi connectivity index (χ1) is 14.8. The van der Waals surface area contributed by atoms with Crippen molar-refractivity contribution in [1.29, 1.82) is 0 Å². The Morgan fingerprint density at radius 1 is 0.875 bits per heavy atom. The summed E-state index contributed by atoms with van der Waals surface area (Å²) in [5.74, 6) is -4.30. The maximum atomic E-state index is 12.8. The third-order valence-electron chi connectivity index (χ3n) is 4.42. The Balaban J connectivity index is 5.53. The van der Waals surface area contributed by atoms with Crippen molar-refractivity contribution in [2.75, 3.05) is 12.0 Å². The lowest BCUT2D eigenvalue weighted by atomic mass is 10.1. The fourth-order valence-corrected chi connectivity index (χ4v) is 2.93. The van der Waals surface area contributed by atoms with Gasteiger partial charge >= 0.3 is 5.97 Å². The van der Waals surface area contributed by atoms with Crippen LogP contribution < -0.4 is 27.4 Å². The number of carboxylic acid groups (broad SMARTS) is 1. The number of carboxylic acids is 1. The molecule has 184 valence electrons. The monoisotopic (exact) mass is 479 g/mol. The second-order valence-electron chi connectivity index (χ2n) is 7.24. The van der Waals surface area contributed by atoms with E-state index in [4.69, 9.17) is 16.6 Å². The molecule has 0 aliphatic rings. The Bertz CT molecular complexity index is 676. The number of nitrogens with one attached hydrogen (secondary N) is 3. The summed E-state index contributed by atoms with van der Waals surface area (Å²) in [5.41, 5.74) is 10.7. The minimum Gasteiger partial charge on any atom is -0.480 e. The number of rotatable bonds is 15. The van der Waals surface area contributed by atoms with Crippen LogP contribution in [-0.4, -0.2) is 93.3 Å². The Hall–Kier alpha value is -2.42. The predicted molar refractivity (Wildman–Crippen MR) is 116 cm³/mol. The van der Waals surface area contributed by atoms with Gasteiger partial charge in [0.1, 0.15) is 18.1 Å². The molecule has 0 aliphatic heterocycles. The van der Waals surface area contributed by atoms with E-state index in [0.717, 1.165) is 6.92 Å². The van der Waals surface area contributed by atoms with Crippen LogP contribution in [0.15, 0.2) is 0 Å². The summed E-state index contributed by atoms with van der Waals surface area (Å²) in [5, 5.41) is 35.1. The van der Waals surface area contributed by atoms with Crippen LogP contribution in [0.5, 0.6) is 0 Å². The molecule has 0 fully saturated rings. The molecular weight excluding hydrogens is 446 g/mol. The van der Waals surface area contributed by atoms with E-state index in [1.54, 1.807) is 6.26 Å². The summed E-state index contributed by atoms with van der Waals surface area (Å²) < 4.78 is 0. The van der Waals surface area contributed by atoms with Crippen molar-refractivity contribution in [2.24, 2.45) is 11.5 Å². The summed E-state index contributed by atoms with van der Waals surface area (Å²) in [7, 11) is 0. The second kappa shape index (κ2) is 14.6. The van der Waals surface area contributed by atoms with E-state index in [-0.39, 0.29) is 19.3 Å². The van der Waals surface area contributed by atoms with Gasteiger partial charge in [0.15, 0.2) is 6.04 Å². The molecule has 6 unspecified atom stereocenters. The summed E-state index contributed by atoms with van der Waals surface area (Å²) >= 11 is 1.40. The van der Waals surface area contributed by atoms with Crippen LogP contribution in [0.2, 0.25) is 0 Å². The molecule has 6 atom stereocenters. The minimum absolute atomic E-state index is 0.168. The molecule has 0 aromatic heterocycles. The highest BCUT2D eigenvalue weighted by Crippen LogP contribution is 2.06. The lowest BCUT2D eigenvalue weighted by Crippen LogP contribution is -2.59. The standard InChI is InChI=1S/C18H33N5O8S/c1-8(24)13(20)17(29)22-11(6-7-32-3)15(27)21-10(4-5-12(19)26)16(28)23-14(9(2)25)18(30)31/h8-11,13-14,24-25H,4-7,20H2,1-3H3,(H2,19,26)(H,21,27)(H,22,29)(H,23,28)(H,30,31). The molecule has 0 saturated carbocycles. The first kappa shape index (κ1) is 29.6. The van der Waals surface area contributed by atoms with Gasteiger partial charge in [-0.15, -0.1) is 0 Å². The number of nitrogens with two attached hydrogens (primary N) is 2. The lowest BCUT2D eigenvalue weighted by molar-refractivity contribution is -0.145. The molecule has 0 heterocycles. The van der Waals surface area contributed by atoms with Crippen LogP contribution in [0.25, 0.3) is 0 Å². The molecule has 0 saturated heterocycles. The van der Waals surface area contributed by atoms with Crippen molar-refractivity contribution >= 4 is 41.4 Å². The minimum atomic E-state index is -1.65. The second-order valence-corrected chi connectivity index (χ2v) is 8.23. The number of aliphatic hydroxyl groups excluding tert-OH is 2. The summed E-state index contributed by atoms with van der Waals surface area (Å²) in [6.07, 6.45) is -1.18. The Labute approximate surface area is 190 Å². The molecule has 14 heteroatoms. The summed E-state index contributed by atoms with van der Waals surface area (Å²) in [4.78, 5) is 59.9. The first-order valence-electron chi connectivity index (χ1n) is 9.84. The highest BCUT2D eigenvalue weighted by molar-refractivity contribution is 7.98. The molecule has 10 N–H and O–H groups in total. The molecule has 0 rings (SSSR count). The quantitative estimate of drug-likeness (QED) is 0.116. The molecule has 0 radical (unpaired) electrons. The number of carbonyl (C=O) groups is 5. The van der Waals surface area contributed by atoms with Gasteiger partial charge in [-0.25, -0.2) is 4.79 Å². The normalized spacial score (nSPS) is 16.6. The van der Waals surface area contributed by atoms with E-state index in [1.165, 1.54) is 18.7 Å². The van der Waals surface area contributed by atoms with Gasteiger partial charge in [-0.05, 0) is 38.7 Å². The molecule has 0 aromatic carbocycles. The van der Waals surface area contributed by atoms with Crippen molar-refractivity contribution in [3.63, 3.8) is 0 Å². The first-order valence-corrected chi connectivity index (χ1v) is 11.2. The zero-order chi connectivity index (χ0) is 25.0. The van der Waals surface area contributed by atoms with Gasteiger partial charge in [0.25, 0.3) is 0 Å². The molecule has 0 bridgehead atoms. The van der Waals surface area contributed by atoms with Crippen LogP contribution in [0.3, 0.4) is 0 Å². The number of hydrogen-bond acceptors (Lipinski definition) is 9. The molecule has 0 aliphatic carbocycles. The van der Waals surface area contributed by atoms with Gasteiger partial charge in [-0.1, -0.05) is 0 Å². The smallest absolute Gasteiger partial charge is 0.328 e. The fourth-order valence-electron chi connectivity index (χ4n) is 2.46. The summed E-state index contributed by atoms with van der Waals surface area (Å²) in [6.45, 7) is 2.47. The predicted octanol–water partition coefficient (Wildman–Crippen LogP) is -3.37. The third-order valence-corrected chi connectivity index (χ3v) is 5.07. The highest BCUT2D eigenvalue weighted by atomic mass is 32.2. The van der Waals surface area contributed by atoms with Crippen molar-refractivity contribution < 1.29 is 39.3 Å². The van der Waals surface area contributed by atoms with Crippen molar-refractivity contribution in [1.82, 2.24) is 16.0 Å². The number of hydrogen-bond donors (Lipinski definition) is 8. The number of primary amides is 1. The van der Waals surface area contributed by atoms with E-state index in [0.29, 0.717) is 5.75 Å². The van der Waals surface area contributed by atoms with Gasteiger partial charge in [-0.2, -0.15) is 11.8 Å². The van der Waals surface area contributed by atoms with Crippen molar-refractivity contribution in [3.05, 3.63) is 0 Å². The molecule has 0 spiro atoms. The number of aliphatic carboxylic acids is 1. The molecule has 4 amide bonds. The topological polar surface area (TPSA) is 234 Å². The van der Waals surface area contributed by atoms with Gasteiger partial charge < -0.3 is 42.7 Å². The zero-order valence-electron chi connectivity index (χ0n) is 18.2. The third kappa shape index (κ3) is 10.7. The van der Waals surface area contributed by atoms with Crippen LogP contribution in [-0.2, 0) is 24.0 Å². The number of carbonyl (C=O) groups excluding carboxylic acids is 4. The molecular formula is C18H33N5O8S. The maximum absolute atomic E-state index is 12.8. The largest absolute Gasteiger partial charge is 0.480 e. The van der Waals surface area contributed by atoms with Crippen LogP contribution in [0.4, 0.5) is 0 Å². The lowest BCUT2D eigenvalue weighted by Gasteiger charge is -2.26. The Morgan fingerprint density at radius 3 is 1.81 bits per heavy atom. The highest BCUT2D eigenvalue weighted by Gasteiger charge is 2.32. The molecule has 32 heavy (non-hydrogen) atoms. The number of thioether (sulfide) groups is 1. The maximum Gasteiger partial charge on any atom is 0.328 e. The van der Waals surface area contributed by atoms with Gasteiger partial charge in [0.2, 0.25) is 23.6 Å². The van der Waals surface area contributed by atoms with E-state index in [2.05, 4.69) is 16.0 Å². The Kier molecular flexibility index (Phi) is 13.5. The van der Waals surface area contributed by atoms with E-state index in [1.807, 2.05) is 0 Å². The van der Waals surface area contributed by atoms with Crippen LogP contribution in [0.1, 0.15) is 33.1 Å². The average molecular weight is 480 g/mol. The van der Waals surface area contributed by atoms with Gasteiger partial charge in [0, 0.05) is 6.42 Å². The van der Waals surface area contributed by atoms with Gasteiger partial charge in [-0.3, -0.25) is 19.2 Å². The summed E-state index contributed by atoms with van der Waals surface area (Å²) in [6, 6.07) is -5.41. The Morgan fingerprint density at radius 2 is 1.38 bits per heavy atom. The van der Waals surface area contributed by atoms with E-state index in [9.17, 15) is 34.2 Å².